The van der Waals surface area contributed by atoms with E-state index >= 15 is 0 Å². The third-order valence-electron chi connectivity index (χ3n) is 5.16. The quantitative estimate of drug-likeness (QED) is 0.757. The Balaban J connectivity index is 1.44. The van der Waals surface area contributed by atoms with Gasteiger partial charge in [-0.25, -0.2) is 28.8 Å². The summed E-state index contributed by atoms with van der Waals surface area (Å²) in [5.41, 5.74) is 0.121. The van der Waals surface area contributed by atoms with Crippen molar-refractivity contribution in [3.8, 4) is 5.88 Å². The van der Waals surface area contributed by atoms with E-state index in [1.807, 2.05) is 22.8 Å². The third kappa shape index (κ3) is 4.03. The van der Waals surface area contributed by atoms with Crippen LogP contribution in [0.15, 0.2) is 18.7 Å². The van der Waals surface area contributed by atoms with Gasteiger partial charge in [-0.1, -0.05) is 0 Å². The highest BCUT2D eigenvalue weighted by molar-refractivity contribution is 5.68. The van der Waals surface area contributed by atoms with Gasteiger partial charge in [-0.05, 0) is 27.7 Å². The van der Waals surface area contributed by atoms with Crippen molar-refractivity contribution in [3.05, 3.63) is 30.1 Å². The minimum atomic E-state index is -1.34. The molecule has 4 heterocycles. The van der Waals surface area contributed by atoms with Crippen LogP contribution in [0.3, 0.4) is 0 Å². The molecule has 0 bridgehead atoms. The molecule has 2 unspecified atom stereocenters. The van der Waals surface area contributed by atoms with Gasteiger partial charge in [-0.2, -0.15) is 0 Å². The van der Waals surface area contributed by atoms with Crippen molar-refractivity contribution in [1.29, 1.82) is 0 Å². The normalized spacial score (nSPS) is 21.5. The fourth-order valence-electron chi connectivity index (χ4n) is 3.70. The fourth-order valence-corrected chi connectivity index (χ4v) is 3.70. The number of rotatable bonds is 3. The monoisotopic (exact) mass is 418 g/mol. The molecule has 0 aromatic carbocycles. The van der Waals surface area contributed by atoms with Crippen molar-refractivity contribution in [3.63, 3.8) is 0 Å². The molecular formula is C20H27FN6O3. The molecule has 30 heavy (non-hydrogen) atoms. The molecule has 1 amide bonds. The predicted octanol–water partition coefficient (Wildman–Crippen LogP) is 2.53. The Labute approximate surface area is 174 Å². The number of halogens is 1. The number of carbonyl (C=O) groups is 1. The molecule has 2 aliphatic heterocycles. The third-order valence-corrected chi connectivity index (χ3v) is 5.16. The number of ether oxygens (including phenoxy) is 2. The summed E-state index contributed by atoms with van der Waals surface area (Å²) in [6, 6.07) is 0. The summed E-state index contributed by atoms with van der Waals surface area (Å²) < 4.78 is 28.1. The number of carbonyl (C=O) groups excluding carboxylic acids is 1. The Hall–Kier alpha value is -2.91. The van der Waals surface area contributed by atoms with Gasteiger partial charge in [0.2, 0.25) is 5.88 Å². The van der Waals surface area contributed by atoms with Gasteiger partial charge in [0.15, 0.2) is 12.0 Å². The van der Waals surface area contributed by atoms with Gasteiger partial charge < -0.3 is 14.4 Å². The maximum absolute atomic E-state index is 14.8. The van der Waals surface area contributed by atoms with Gasteiger partial charge >= 0.3 is 6.09 Å². The second-order valence-corrected chi connectivity index (χ2v) is 8.58. The Bertz CT molecular complexity index is 928. The van der Waals surface area contributed by atoms with Gasteiger partial charge in [-0.3, -0.25) is 5.01 Å². The van der Waals surface area contributed by atoms with Crippen LogP contribution in [0.25, 0.3) is 0 Å². The molecular weight excluding hydrogens is 391 g/mol. The summed E-state index contributed by atoms with van der Waals surface area (Å²) in [4.78, 5) is 26.6. The first-order valence-electron chi connectivity index (χ1n) is 10.1. The average Bonchev–Trinajstić information content (AvgIpc) is 3.27. The molecule has 0 aliphatic carbocycles. The molecule has 2 atom stereocenters. The van der Waals surface area contributed by atoms with Crippen molar-refractivity contribution in [2.75, 3.05) is 24.6 Å². The second kappa shape index (κ2) is 7.73. The summed E-state index contributed by atoms with van der Waals surface area (Å²) in [5, 5.41) is 2.00. The zero-order chi connectivity index (χ0) is 21.5. The smallest absolute Gasteiger partial charge is 0.410 e. The van der Waals surface area contributed by atoms with Gasteiger partial charge in [0.05, 0.1) is 12.1 Å². The molecule has 1 saturated heterocycles. The Morgan fingerprint density at radius 2 is 2.03 bits per heavy atom. The van der Waals surface area contributed by atoms with E-state index in [2.05, 4.69) is 15.0 Å². The summed E-state index contributed by atoms with van der Waals surface area (Å²) in [6.45, 7) is 8.27. The lowest BCUT2D eigenvalue weighted by Crippen LogP contribution is -2.50. The number of hydrogen-bond acceptors (Lipinski definition) is 7. The van der Waals surface area contributed by atoms with Crippen molar-refractivity contribution in [2.45, 2.75) is 58.4 Å². The number of alkyl halides is 1. The highest BCUT2D eigenvalue weighted by Crippen LogP contribution is 2.30. The highest BCUT2D eigenvalue weighted by Gasteiger charge is 2.36. The molecule has 0 radical (unpaired) electrons. The molecule has 2 aromatic heterocycles. The van der Waals surface area contributed by atoms with Crippen LogP contribution in [0.5, 0.6) is 5.88 Å². The van der Waals surface area contributed by atoms with E-state index in [-0.39, 0.29) is 6.54 Å². The average molecular weight is 418 g/mol. The largest absolute Gasteiger partial charge is 0.471 e. The maximum Gasteiger partial charge on any atom is 0.410 e. The zero-order valence-electron chi connectivity index (χ0n) is 17.7. The van der Waals surface area contributed by atoms with Gasteiger partial charge in [0, 0.05) is 38.3 Å². The number of aromatic nitrogens is 4. The first-order valence-corrected chi connectivity index (χ1v) is 10.1. The SMILES string of the molecule is Cc1c(OC2CCN(C(=O)OC(C)(C)C)CC2F)ncnc1N1CCc2nccn21. The molecule has 10 heteroatoms. The lowest BCUT2D eigenvalue weighted by atomic mass is 10.1. The summed E-state index contributed by atoms with van der Waals surface area (Å²) in [5.74, 6) is 2.03. The number of piperidine rings is 1. The number of amides is 1. The number of hydrogen-bond donors (Lipinski definition) is 0. The van der Waals surface area contributed by atoms with Gasteiger partial charge in [-0.15, -0.1) is 0 Å². The molecule has 1 fully saturated rings. The van der Waals surface area contributed by atoms with Crippen molar-refractivity contribution in [1.82, 2.24) is 24.5 Å². The number of fused-ring (bicyclic) bond motifs is 1. The standard InChI is InChI=1S/C20H27FN6O3/c1-13-17(27-9-6-16-22-7-10-26(16)27)23-12-24-18(13)29-15-5-8-25(11-14(15)21)19(28)30-20(2,3)4/h7,10,12,14-15H,5-6,8-9,11H2,1-4H3. The lowest BCUT2D eigenvalue weighted by molar-refractivity contribution is -0.0116. The molecule has 0 N–H and O–H groups in total. The minimum Gasteiger partial charge on any atom is -0.471 e. The van der Waals surface area contributed by atoms with E-state index in [9.17, 15) is 9.18 Å². The summed E-state index contributed by atoms with van der Waals surface area (Å²) in [6.07, 6.45) is 3.71. The topological polar surface area (TPSA) is 85.6 Å². The number of nitrogens with zero attached hydrogens (tertiary/aromatic N) is 6. The summed E-state index contributed by atoms with van der Waals surface area (Å²) >= 11 is 0. The number of anilines is 1. The van der Waals surface area contributed by atoms with E-state index in [1.165, 1.54) is 11.2 Å². The Morgan fingerprint density at radius 1 is 1.23 bits per heavy atom. The van der Waals surface area contributed by atoms with E-state index in [1.54, 1.807) is 27.0 Å². The highest BCUT2D eigenvalue weighted by atomic mass is 19.1. The molecule has 0 spiro atoms. The van der Waals surface area contributed by atoms with Gasteiger partial charge in [0.1, 0.15) is 23.9 Å². The predicted molar refractivity (Wildman–Crippen MR) is 107 cm³/mol. The lowest BCUT2D eigenvalue weighted by Gasteiger charge is -2.35. The first kappa shape index (κ1) is 20.4. The van der Waals surface area contributed by atoms with Crippen LogP contribution in [0, 0.1) is 6.92 Å². The van der Waals surface area contributed by atoms with Crippen molar-refractivity contribution >= 4 is 11.9 Å². The molecule has 2 aromatic rings. The number of imidazole rings is 1. The molecule has 9 nitrogen and oxygen atoms in total. The van der Waals surface area contributed by atoms with Crippen LogP contribution in [-0.4, -0.2) is 68.1 Å². The van der Waals surface area contributed by atoms with Crippen LogP contribution in [0.1, 0.15) is 38.6 Å². The first-order chi connectivity index (χ1) is 14.2. The second-order valence-electron chi connectivity index (χ2n) is 8.58. The van der Waals surface area contributed by atoms with Gasteiger partial charge in [0.25, 0.3) is 0 Å². The zero-order valence-corrected chi connectivity index (χ0v) is 17.7. The number of likely N-dealkylation sites (tertiary alicyclic amines) is 1. The van der Waals surface area contributed by atoms with E-state index in [0.29, 0.717) is 24.7 Å². The van der Waals surface area contributed by atoms with Crippen LogP contribution in [0.2, 0.25) is 0 Å². The van der Waals surface area contributed by atoms with E-state index < -0.39 is 24.0 Å². The molecule has 162 valence electrons. The molecule has 0 saturated carbocycles. The Kier molecular flexibility index (Phi) is 5.25. The van der Waals surface area contributed by atoms with Crippen LogP contribution >= 0.6 is 0 Å². The van der Waals surface area contributed by atoms with Crippen LogP contribution in [0.4, 0.5) is 15.0 Å². The summed E-state index contributed by atoms with van der Waals surface area (Å²) in [7, 11) is 0. The Morgan fingerprint density at radius 3 is 2.77 bits per heavy atom. The van der Waals surface area contributed by atoms with E-state index in [4.69, 9.17) is 9.47 Å². The molecule has 2 aliphatic rings. The van der Waals surface area contributed by atoms with Crippen LogP contribution in [-0.2, 0) is 11.2 Å². The van der Waals surface area contributed by atoms with Crippen LogP contribution < -0.4 is 9.75 Å². The fraction of sp³-hybridized carbons (Fsp3) is 0.600. The maximum atomic E-state index is 14.8. The van der Waals surface area contributed by atoms with E-state index in [0.717, 1.165) is 24.4 Å². The van der Waals surface area contributed by atoms with Crippen molar-refractivity contribution < 1.29 is 18.7 Å². The minimum absolute atomic E-state index is 0.0684. The van der Waals surface area contributed by atoms with Crippen molar-refractivity contribution in [2.24, 2.45) is 0 Å². The molecule has 4 rings (SSSR count).